The van der Waals surface area contributed by atoms with Crippen molar-refractivity contribution in [2.24, 2.45) is 5.92 Å². The molecule has 2 aromatic rings. The van der Waals surface area contributed by atoms with E-state index in [-0.39, 0.29) is 11.8 Å². The second-order valence-corrected chi connectivity index (χ2v) is 8.35. The topological polar surface area (TPSA) is 71.3 Å². The van der Waals surface area contributed by atoms with Gasteiger partial charge in [0.15, 0.2) is 0 Å². The summed E-state index contributed by atoms with van der Waals surface area (Å²) in [7, 11) is 0. The van der Waals surface area contributed by atoms with Gasteiger partial charge in [0.1, 0.15) is 0 Å². The van der Waals surface area contributed by atoms with Crippen LogP contribution in [0.25, 0.3) is 11.4 Å². The summed E-state index contributed by atoms with van der Waals surface area (Å²) in [5.41, 5.74) is 0.887. The Labute approximate surface area is 170 Å². The largest absolute Gasteiger partial charge is 0.353 e. The molecule has 2 aliphatic rings. The van der Waals surface area contributed by atoms with Gasteiger partial charge in [0.2, 0.25) is 17.6 Å². The first kappa shape index (κ1) is 19.4. The van der Waals surface area contributed by atoms with Gasteiger partial charge in [-0.2, -0.15) is 4.98 Å². The monoisotopic (exact) mass is 402 g/mol. The van der Waals surface area contributed by atoms with Crippen LogP contribution >= 0.6 is 11.6 Å². The molecule has 1 amide bonds. The molecule has 1 N–H and O–H groups in total. The number of carbonyl (C=O) groups excluding carboxylic acids is 1. The molecule has 2 fully saturated rings. The summed E-state index contributed by atoms with van der Waals surface area (Å²) in [6, 6.07) is 7.79. The second-order valence-electron chi connectivity index (χ2n) is 7.91. The minimum Gasteiger partial charge on any atom is -0.353 e. The van der Waals surface area contributed by atoms with Crippen LogP contribution < -0.4 is 5.32 Å². The number of amides is 1. The molecule has 150 valence electrons. The van der Waals surface area contributed by atoms with Crippen LogP contribution in [0.15, 0.2) is 28.8 Å². The van der Waals surface area contributed by atoms with Crippen molar-refractivity contribution in [2.45, 2.75) is 57.5 Å². The van der Waals surface area contributed by atoms with Crippen molar-refractivity contribution < 1.29 is 9.32 Å². The zero-order valence-electron chi connectivity index (χ0n) is 16.1. The highest BCUT2D eigenvalue weighted by molar-refractivity contribution is 6.30. The van der Waals surface area contributed by atoms with Crippen molar-refractivity contribution in [1.29, 1.82) is 0 Å². The Kier molecular flexibility index (Phi) is 6.27. The lowest BCUT2D eigenvalue weighted by Gasteiger charge is -2.32. The van der Waals surface area contributed by atoms with Gasteiger partial charge in [0.25, 0.3) is 0 Å². The lowest BCUT2D eigenvalue weighted by atomic mass is 9.92. The lowest BCUT2D eigenvalue weighted by Crippen LogP contribution is -2.44. The normalized spacial score (nSPS) is 19.6. The maximum absolute atomic E-state index is 12.5. The van der Waals surface area contributed by atoms with Gasteiger partial charge in [-0.1, -0.05) is 36.0 Å². The Bertz CT molecular complexity index is 778. The molecule has 1 aliphatic carbocycles. The molecule has 1 aliphatic heterocycles. The Hall–Kier alpha value is -1.92. The van der Waals surface area contributed by atoms with Gasteiger partial charge in [-0.05, 0) is 63.0 Å². The predicted molar refractivity (Wildman–Crippen MR) is 108 cm³/mol. The van der Waals surface area contributed by atoms with Gasteiger partial charge < -0.3 is 9.84 Å². The molecule has 4 rings (SSSR count). The summed E-state index contributed by atoms with van der Waals surface area (Å²) in [5.74, 6) is 1.56. The fourth-order valence-corrected chi connectivity index (χ4v) is 4.27. The summed E-state index contributed by atoms with van der Waals surface area (Å²) in [4.78, 5) is 19.3. The number of nitrogens with zero attached hydrogens (tertiary/aromatic N) is 3. The standard InChI is InChI=1S/C21H27ClN4O2/c22-17-8-6-15(7-9-17)20-24-19(28-25-20)14-26-12-10-16(11-13-26)21(27)23-18-4-2-1-3-5-18/h6-9,16,18H,1-5,10-14H2,(H,23,27). The van der Waals surface area contributed by atoms with Crippen LogP contribution in [0.2, 0.25) is 5.02 Å². The zero-order valence-corrected chi connectivity index (χ0v) is 16.8. The smallest absolute Gasteiger partial charge is 0.241 e. The Balaban J connectivity index is 1.25. The number of hydrogen-bond acceptors (Lipinski definition) is 5. The Morgan fingerprint density at radius 1 is 1.11 bits per heavy atom. The van der Waals surface area contributed by atoms with Crippen LogP contribution in [-0.4, -0.2) is 40.1 Å². The molecule has 1 saturated carbocycles. The molecule has 0 bridgehead atoms. The van der Waals surface area contributed by atoms with E-state index < -0.39 is 0 Å². The van der Waals surface area contributed by atoms with E-state index in [1.165, 1.54) is 19.3 Å². The number of likely N-dealkylation sites (tertiary alicyclic amines) is 1. The fourth-order valence-electron chi connectivity index (χ4n) is 4.15. The van der Waals surface area contributed by atoms with Crippen LogP contribution in [0.5, 0.6) is 0 Å². The number of benzene rings is 1. The molecule has 0 radical (unpaired) electrons. The number of carbonyl (C=O) groups is 1. The summed E-state index contributed by atoms with van der Waals surface area (Å²) in [6.45, 7) is 2.38. The Morgan fingerprint density at radius 2 is 1.82 bits per heavy atom. The highest BCUT2D eigenvalue weighted by Gasteiger charge is 2.27. The van der Waals surface area contributed by atoms with E-state index in [9.17, 15) is 4.79 Å². The molecule has 28 heavy (non-hydrogen) atoms. The molecule has 0 unspecified atom stereocenters. The van der Waals surface area contributed by atoms with Crippen molar-refractivity contribution in [3.63, 3.8) is 0 Å². The highest BCUT2D eigenvalue weighted by Crippen LogP contribution is 2.23. The second kappa shape index (κ2) is 9.05. The number of halogens is 1. The van der Waals surface area contributed by atoms with Gasteiger partial charge in [0, 0.05) is 22.5 Å². The summed E-state index contributed by atoms with van der Waals surface area (Å²) in [5, 5.41) is 8.02. The summed E-state index contributed by atoms with van der Waals surface area (Å²) < 4.78 is 5.41. The third kappa shape index (κ3) is 4.92. The maximum atomic E-state index is 12.5. The van der Waals surface area contributed by atoms with Crippen molar-refractivity contribution >= 4 is 17.5 Å². The number of nitrogens with one attached hydrogen (secondary N) is 1. The minimum absolute atomic E-state index is 0.130. The maximum Gasteiger partial charge on any atom is 0.241 e. The molecule has 1 saturated heterocycles. The van der Waals surface area contributed by atoms with Crippen LogP contribution in [0, 0.1) is 5.92 Å². The van der Waals surface area contributed by atoms with E-state index in [4.69, 9.17) is 16.1 Å². The minimum atomic E-state index is 0.130. The van der Waals surface area contributed by atoms with E-state index in [0.717, 1.165) is 44.3 Å². The van der Waals surface area contributed by atoms with Gasteiger partial charge in [0.05, 0.1) is 6.54 Å². The number of rotatable bonds is 5. The van der Waals surface area contributed by atoms with Crippen molar-refractivity contribution in [1.82, 2.24) is 20.4 Å². The predicted octanol–water partition coefficient (Wildman–Crippen LogP) is 4.05. The average molecular weight is 403 g/mol. The molecule has 0 spiro atoms. The van der Waals surface area contributed by atoms with Crippen molar-refractivity contribution in [3.05, 3.63) is 35.2 Å². The van der Waals surface area contributed by atoms with E-state index in [0.29, 0.717) is 29.3 Å². The molecule has 2 heterocycles. The molecular formula is C21H27ClN4O2. The summed E-state index contributed by atoms with van der Waals surface area (Å²) >= 11 is 5.92. The lowest BCUT2D eigenvalue weighted by molar-refractivity contribution is -0.127. The fraction of sp³-hybridized carbons (Fsp3) is 0.571. The molecule has 1 aromatic heterocycles. The first-order chi connectivity index (χ1) is 13.7. The van der Waals surface area contributed by atoms with Crippen molar-refractivity contribution in [2.75, 3.05) is 13.1 Å². The average Bonchev–Trinajstić information content (AvgIpc) is 3.18. The van der Waals surface area contributed by atoms with E-state index in [1.807, 2.05) is 24.3 Å². The number of aromatic nitrogens is 2. The first-order valence-electron chi connectivity index (χ1n) is 10.3. The molecule has 7 heteroatoms. The number of piperidine rings is 1. The van der Waals surface area contributed by atoms with Gasteiger partial charge in [-0.25, -0.2) is 0 Å². The quantitative estimate of drug-likeness (QED) is 0.816. The third-order valence-corrected chi connectivity index (χ3v) is 6.09. The van der Waals surface area contributed by atoms with Crippen LogP contribution in [-0.2, 0) is 11.3 Å². The van der Waals surface area contributed by atoms with Gasteiger partial charge in [-0.3, -0.25) is 9.69 Å². The third-order valence-electron chi connectivity index (χ3n) is 5.84. The van der Waals surface area contributed by atoms with Crippen molar-refractivity contribution in [3.8, 4) is 11.4 Å². The van der Waals surface area contributed by atoms with Crippen LogP contribution in [0.3, 0.4) is 0 Å². The molecular weight excluding hydrogens is 376 g/mol. The summed E-state index contributed by atoms with van der Waals surface area (Å²) in [6.07, 6.45) is 7.83. The molecule has 6 nitrogen and oxygen atoms in total. The van der Waals surface area contributed by atoms with E-state index in [1.54, 1.807) is 0 Å². The number of hydrogen-bond donors (Lipinski definition) is 1. The molecule has 0 atom stereocenters. The van der Waals surface area contributed by atoms with E-state index in [2.05, 4.69) is 20.4 Å². The Morgan fingerprint density at radius 3 is 2.54 bits per heavy atom. The van der Waals surface area contributed by atoms with Crippen LogP contribution in [0.1, 0.15) is 50.8 Å². The van der Waals surface area contributed by atoms with E-state index >= 15 is 0 Å². The van der Waals surface area contributed by atoms with Gasteiger partial charge >= 0.3 is 0 Å². The first-order valence-corrected chi connectivity index (χ1v) is 10.7. The van der Waals surface area contributed by atoms with Crippen LogP contribution in [0.4, 0.5) is 0 Å². The molecule has 1 aromatic carbocycles. The van der Waals surface area contributed by atoms with Gasteiger partial charge in [-0.15, -0.1) is 0 Å². The zero-order chi connectivity index (χ0) is 19.3. The SMILES string of the molecule is O=C(NC1CCCCC1)C1CCN(Cc2nc(-c3ccc(Cl)cc3)no2)CC1. The highest BCUT2D eigenvalue weighted by atomic mass is 35.5.